The molecule has 1 heterocycles. The van der Waals surface area contributed by atoms with Crippen LogP contribution in [-0.2, 0) is 40.8 Å². The van der Waals surface area contributed by atoms with Gasteiger partial charge in [-0.1, -0.05) is 48.5 Å². The highest BCUT2D eigenvalue weighted by Crippen LogP contribution is 2.30. The first-order chi connectivity index (χ1) is 17.7. The molecule has 2 aromatic rings. The van der Waals surface area contributed by atoms with E-state index in [1.54, 1.807) is 31.2 Å². The van der Waals surface area contributed by atoms with Gasteiger partial charge in [-0.25, -0.2) is 9.00 Å². The number of nitrogens with one attached hydrogen (secondary N) is 1. The van der Waals surface area contributed by atoms with Crippen LogP contribution >= 0.6 is 11.6 Å². The smallest absolute Gasteiger partial charge is 0.332 e. The second-order valence-electron chi connectivity index (χ2n) is 8.37. The molecular weight excluding hydrogens is 520 g/mol. The van der Waals surface area contributed by atoms with Gasteiger partial charge >= 0.3 is 5.97 Å². The number of rotatable bonds is 13. The lowest BCUT2D eigenvalue weighted by Crippen LogP contribution is -2.75. The summed E-state index contributed by atoms with van der Waals surface area (Å²) in [6.45, 7) is 5.09. The van der Waals surface area contributed by atoms with Crippen molar-refractivity contribution < 1.29 is 32.2 Å². The molecule has 2 amide bonds. The van der Waals surface area contributed by atoms with E-state index in [4.69, 9.17) is 25.3 Å². The third kappa shape index (κ3) is 7.41. The van der Waals surface area contributed by atoms with Crippen LogP contribution in [0, 0.1) is 0 Å². The first-order valence-corrected chi connectivity index (χ1v) is 13.1. The predicted octanol–water partition coefficient (Wildman–Crippen LogP) is 2.80. The van der Waals surface area contributed by atoms with Crippen LogP contribution in [-0.4, -0.2) is 64.7 Å². The van der Waals surface area contributed by atoms with Crippen molar-refractivity contribution in [3.63, 3.8) is 0 Å². The van der Waals surface area contributed by atoms with Crippen LogP contribution < -0.4 is 10.1 Å². The molecule has 1 fully saturated rings. The van der Waals surface area contributed by atoms with E-state index in [-0.39, 0.29) is 13.2 Å². The minimum absolute atomic E-state index is 0.149. The Morgan fingerprint density at radius 3 is 2.46 bits per heavy atom. The summed E-state index contributed by atoms with van der Waals surface area (Å²) in [4.78, 5) is 39.0. The summed E-state index contributed by atoms with van der Waals surface area (Å²) in [6.07, 6.45) is 1.30. The number of ether oxygens (including phenoxy) is 2. The summed E-state index contributed by atoms with van der Waals surface area (Å²) in [6, 6.07) is 13.8. The van der Waals surface area contributed by atoms with Crippen molar-refractivity contribution in [1.82, 2.24) is 10.2 Å². The van der Waals surface area contributed by atoms with Gasteiger partial charge in [-0.3, -0.25) is 13.8 Å². The van der Waals surface area contributed by atoms with Gasteiger partial charge < -0.3 is 19.7 Å². The van der Waals surface area contributed by atoms with E-state index in [1.807, 2.05) is 30.3 Å². The number of β-lactam (4-membered cyclic amide) rings is 1. The third-order valence-corrected chi connectivity index (χ3v) is 7.14. The van der Waals surface area contributed by atoms with Gasteiger partial charge in [0.1, 0.15) is 11.8 Å². The largest absolute Gasteiger partial charge is 0.484 e. The van der Waals surface area contributed by atoms with Crippen LogP contribution in [0.5, 0.6) is 5.75 Å². The average molecular weight is 549 g/mol. The molecule has 9 nitrogen and oxygen atoms in total. The number of nitrogens with zero attached hydrogens (tertiary/aromatic N) is 1. The van der Waals surface area contributed by atoms with E-state index in [0.717, 1.165) is 10.5 Å². The third-order valence-electron chi connectivity index (χ3n) is 5.60. The Balaban J connectivity index is 1.66. The molecule has 1 aliphatic rings. The molecule has 0 aliphatic carbocycles. The van der Waals surface area contributed by atoms with Crippen LogP contribution in [0.1, 0.15) is 18.9 Å². The Morgan fingerprint density at radius 2 is 1.84 bits per heavy atom. The van der Waals surface area contributed by atoms with E-state index >= 15 is 0 Å². The lowest BCUT2D eigenvalue weighted by molar-refractivity contribution is -0.162. The highest BCUT2D eigenvalue weighted by atomic mass is 35.5. The van der Waals surface area contributed by atoms with Crippen LogP contribution in [0.4, 0.5) is 0 Å². The summed E-state index contributed by atoms with van der Waals surface area (Å²) in [5.74, 6) is -1.53. The second-order valence-corrected chi connectivity index (χ2v) is 10.0. The molecule has 0 aromatic heterocycles. The van der Waals surface area contributed by atoms with Gasteiger partial charge in [0, 0.05) is 5.02 Å². The molecule has 11 heteroatoms. The molecule has 4 unspecified atom stereocenters. The van der Waals surface area contributed by atoms with Gasteiger partial charge in [0.2, 0.25) is 0 Å². The van der Waals surface area contributed by atoms with Gasteiger partial charge in [-0.2, -0.15) is 0 Å². The summed E-state index contributed by atoms with van der Waals surface area (Å²) in [7, 11) is 1.18. The average Bonchev–Trinajstić information content (AvgIpc) is 2.89. The molecule has 1 N–H and O–H groups in total. The molecule has 198 valence electrons. The lowest BCUT2D eigenvalue weighted by atomic mass is 9.99. The highest BCUT2D eigenvalue weighted by molar-refractivity contribution is 7.81. The van der Waals surface area contributed by atoms with Crippen molar-refractivity contribution in [3.8, 4) is 5.75 Å². The predicted molar refractivity (Wildman–Crippen MR) is 139 cm³/mol. The SMILES string of the molecule is C=C(C)C(C(=O)OC)N1C(=O)C(NC(=O)COc2ccc(Cl)cc2)C1S(=O)OCCCc1ccccc1. The fraction of sp³-hybridized carbons (Fsp3) is 0.346. The Kier molecular flexibility index (Phi) is 10.2. The van der Waals surface area contributed by atoms with Crippen molar-refractivity contribution in [1.29, 1.82) is 0 Å². The van der Waals surface area contributed by atoms with E-state index in [2.05, 4.69) is 11.9 Å². The number of methoxy groups -OCH3 is 1. The number of hydrogen-bond acceptors (Lipinski definition) is 7. The van der Waals surface area contributed by atoms with Crippen LogP contribution in [0.3, 0.4) is 0 Å². The number of esters is 1. The zero-order valence-corrected chi connectivity index (χ0v) is 22.1. The van der Waals surface area contributed by atoms with Crippen molar-refractivity contribution in [2.45, 2.75) is 37.2 Å². The number of aryl methyl sites for hydroxylation is 1. The maximum absolute atomic E-state index is 13.2. The maximum Gasteiger partial charge on any atom is 0.332 e. The second kappa shape index (κ2) is 13.4. The van der Waals surface area contributed by atoms with E-state index in [9.17, 15) is 18.6 Å². The molecule has 1 aliphatic heterocycles. The van der Waals surface area contributed by atoms with Gasteiger partial charge in [-0.15, -0.1) is 0 Å². The Labute approximate surface area is 223 Å². The molecule has 0 spiro atoms. The molecule has 2 aromatic carbocycles. The Morgan fingerprint density at radius 1 is 1.16 bits per heavy atom. The number of likely N-dealkylation sites (tertiary alicyclic amines) is 1. The van der Waals surface area contributed by atoms with Crippen molar-refractivity contribution in [2.75, 3.05) is 20.3 Å². The van der Waals surface area contributed by atoms with Gasteiger partial charge in [0.15, 0.2) is 29.1 Å². The molecule has 37 heavy (non-hydrogen) atoms. The number of amides is 2. The highest BCUT2D eigenvalue weighted by Gasteiger charge is 2.57. The molecule has 4 atom stereocenters. The summed E-state index contributed by atoms with van der Waals surface area (Å²) in [5, 5.41) is 1.94. The van der Waals surface area contributed by atoms with Gasteiger partial charge in [0.05, 0.1) is 13.7 Å². The van der Waals surface area contributed by atoms with Crippen LogP contribution in [0.2, 0.25) is 5.02 Å². The monoisotopic (exact) mass is 548 g/mol. The normalized spacial score (nSPS) is 18.4. The van der Waals surface area contributed by atoms with Crippen molar-refractivity contribution >= 4 is 40.5 Å². The maximum atomic E-state index is 13.2. The number of benzene rings is 2. The fourth-order valence-electron chi connectivity index (χ4n) is 3.79. The molecule has 0 saturated carbocycles. The van der Waals surface area contributed by atoms with Crippen molar-refractivity contribution in [3.05, 3.63) is 77.3 Å². The Hall–Kier alpha value is -3.21. The number of halogens is 1. The summed E-state index contributed by atoms with van der Waals surface area (Å²) >= 11 is 3.80. The topological polar surface area (TPSA) is 111 Å². The van der Waals surface area contributed by atoms with E-state index < -0.39 is 46.3 Å². The van der Waals surface area contributed by atoms with Crippen LogP contribution in [0.25, 0.3) is 0 Å². The summed E-state index contributed by atoms with van der Waals surface area (Å²) in [5.41, 5.74) is 1.43. The molecule has 0 radical (unpaired) electrons. The standard InChI is InChI=1S/C26H29ClN2O7S/c1-17(2)23(26(32)34-3)29-24(31)22(28-21(30)16-35-20-13-11-19(27)12-14-20)25(29)37(33)36-15-7-10-18-8-5-4-6-9-18/h4-6,8-9,11-14,22-23,25H,1,7,10,15-16H2,2-3H3,(H,28,30). The minimum Gasteiger partial charge on any atom is -0.484 e. The minimum atomic E-state index is -2.05. The Bertz CT molecular complexity index is 1140. The molecule has 3 rings (SSSR count). The molecular formula is C26H29ClN2O7S. The number of hydrogen-bond donors (Lipinski definition) is 1. The molecule has 0 bridgehead atoms. The quantitative estimate of drug-likeness (QED) is 0.177. The summed E-state index contributed by atoms with van der Waals surface area (Å²) < 4.78 is 28.9. The lowest BCUT2D eigenvalue weighted by Gasteiger charge is -2.48. The van der Waals surface area contributed by atoms with E-state index in [0.29, 0.717) is 29.2 Å². The fourth-order valence-corrected chi connectivity index (χ4v) is 5.15. The van der Waals surface area contributed by atoms with Gasteiger partial charge in [0.25, 0.3) is 11.8 Å². The zero-order chi connectivity index (χ0) is 26.9. The zero-order valence-electron chi connectivity index (χ0n) is 20.6. The first kappa shape index (κ1) is 28.4. The first-order valence-electron chi connectivity index (χ1n) is 11.5. The van der Waals surface area contributed by atoms with Crippen LogP contribution in [0.15, 0.2) is 66.7 Å². The van der Waals surface area contributed by atoms with Crippen molar-refractivity contribution in [2.24, 2.45) is 0 Å². The number of carbonyl (C=O) groups is 3. The van der Waals surface area contributed by atoms with Gasteiger partial charge in [-0.05, 0) is 55.2 Å². The molecule has 1 saturated heterocycles. The number of carbonyl (C=O) groups excluding carboxylic acids is 3. The van der Waals surface area contributed by atoms with E-state index in [1.165, 1.54) is 7.11 Å².